The molecule has 0 aliphatic heterocycles. The van der Waals surface area contributed by atoms with Gasteiger partial charge in [0.1, 0.15) is 5.75 Å². The zero-order valence-corrected chi connectivity index (χ0v) is 12.0. The molecule has 0 heterocycles. The van der Waals surface area contributed by atoms with E-state index < -0.39 is 0 Å². The van der Waals surface area contributed by atoms with Crippen LogP contribution < -0.4 is 0 Å². The molecule has 0 spiro atoms. The Morgan fingerprint density at radius 3 is 2.53 bits per heavy atom. The summed E-state index contributed by atoms with van der Waals surface area (Å²) in [6.07, 6.45) is 5.57. The van der Waals surface area contributed by atoms with E-state index >= 15 is 0 Å². The van der Waals surface area contributed by atoms with Gasteiger partial charge < -0.3 is 5.11 Å². The molecule has 0 saturated heterocycles. The maximum atomic E-state index is 9.45. The lowest BCUT2D eigenvalue weighted by molar-refractivity contribution is 0.210. The Labute approximate surface area is 116 Å². The minimum atomic E-state index is 0.217. The van der Waals surface area contributed by atoms with Gasteiger partial charge in [0, 0.05) is 0 Å². The van der Waals surface area contributed by atoms with E-state index in [0.29, 0.717) is 17.6 Å². The predicted molar refractivity (Wildman–Crippen MR) is 81.3 cm³/mol. The van der Waals surface area contributed by atoms with Gasteiger partial charge in [-0.25, -0.2) is 0 Å². The van der Waals surface area contributed by atoms with Crippen LogP contribution in [0.25, 0.3) is 0 Å². The van der Waals surface area contributed by atoms with Crippen LogP contribution in [0.1, 0.15) is 44.6 Å². The zero-order valence-electron chi connectivity index (χ0n) is 12.0. The topological polar surface area (TPSA) is 20.2 Å². The average molecular weight is 256 g/mol. The van der Waals surface area contributed by atoms with Gasteiger partial charge in [0.25, 0.3) is 0 Å². The van der Waals surface area contributed by atoms with E-state index in [2.05, 4.69) is 33.1 Å². The highest BCUT2D eigenvalue weighted by Gasteiger charge is 2.36. The van der Waals surface area contributed by atoms with Crippen molar-refractivity contribution in [3.05, 3.63) is 54.6 Å². The fourth-order valence-corrected chi connectivity index (χ4v) is 3.28. The van der Waals surface area contributed by atoms with E-state index in [4.69, 9.17) is 0 Å². The Kier molecular flexibility index (Phi) is 3.84. The SMILES string of the molecule is C=C[C@]1(C)CC[C@H](C(=C)C)[C@H](c2ccc(O)cc2)C1. The highest BCUT2D eigenvalue weighted by molar-refractivity contribution is 5.31. The summed E-state index contributed by atoms with van der Waals surface area (Å²) in [7, 11) is 0. The van der Waals surface area contributed by atoms with Crippen molar-refractivity contribution in [2.45, 2.75) is 39.0 Å². The highest BCUT2D eigenvalue weighted by Crippen LogP contribution is 2.49. The molecular weight excluding hydrogens is 232 g/mol. The lowest BCUT2D eigenvalue weighted by Crippen LogP contribution is -2.29. The summed E-state index contributed by atoms with van der Waals surface area (Å²) < 4.78 is 0. The molecule has 0 unspecified atom stereocenters. The fourth-order valence-electron chi connectivity index (χ4n) is 3.28. The molecule has 1 N–H and O–H groups in total. The Bertz CT molecular complexity index is 471. The predicted octanol–water partition coefficient (Wildman–Crippen LogP) is 5.04. The number of phenols is 1. The van der Waals surface area contributed by atoms with Crippen molar-refractivity contribution in [3.8, 4) is 5.75 Å². The molecule has 1 aromatic rings. The van der Waals surface area contributed by atoms with E-state index in [1.54, 1.807) is 12.1 Å². The van der Waals surface area contributed by atoms with Crippen molar-refractivity contribution < 1.29 is 5.11 Å². The Morgan fingerprint density at radius 2 is 2.00 bits per heavy atom. The highest BCUT2D eigenvalue weighted by atomic mass is 16.3. The monoisotopic (exact) mass is 256 g/mol. The summed E-state index contributed by atoms with van der Waals surface area (Å²) in [5, 5.41) is 9.45. The molecular formula is C18H24O. The average Bonchev–Trinajstić information content (AvgIpc) is 2.39. The second-order valence-corrected chi connectivity index (χ2v) is 6.25. The van der Waals surface area contributed by atoms with Gasteiger partial charge in [-0.3, -0.25) is 0 Å². The van der Waals surface area contributed by atoms with Crippen molar-refractivity contribution in [1.29, 1.82) is 0 Å². The van der Waals surface area contributed by atoms with Gasteiger partial charge in [-0.2, -0.15) is 0 Å². The summed E-state index contributed by atoms with van der Waals surface area (Å²) in [6, 6.07) is 7.66. The van der Waals surface area contributed by atoms with Crippen LogP contribution in [0.3, 0.4) is 0 Å². The molecule has 1 nitrogen and oxygen atoms in total. The summed E-state index contributed by atoms with van der Waals surface area (Å²) in [4.78, 5) is 0. The van der Waals surface area contributed by atoms with Gasteiger partial charge in [0.05, 0.1) is 0 Å². The molecule has 1 aromatic carbocycles. The van der Waals surface area contributed by atoms with Crippen molar-refractivity contribution in [2.24, 2.45) is 11.3 Å². The molecule has 3 atom stereocenters. The maximum Gasteiger partial charge on any atom is 0.115 e. The third kappa shape index (κ3) is 2.91. The molecule has 0 amide bonds. The number of hydrogen-bond acceptors (Lipinski definition) is 1. The van der Waals surface area contributed by atoms with Gasteiger partial charge in [-0.1, -0.05) is 37.3 Å². The quantitative estimate of drug-likeness (QED) is 0.751. The normalized spacial score (nSPS) is 30.8. The Morgan fingerprint density at radius 1 is 1.37 bits per heavy atom. The van der Waals surface area contributed by atoms with Gasteiger partial charge in [-0.15, -0.1) is 6.58 Å². The van der Waals surface area contributed by atoms with Gasteiger partial charge in [-0.05, 0) is 61.1 Å². The molecule has 1 heteroatoms. The van der Waals surface area contributed by atoms with E-state index in [-0.39, 0.29) is 5.41 Å². The minimum Gasteiger partial charge on any atom is -0.508 e. The molecule has 102 valence electrons. The Balaban J connectivity index is 2.32. The standard InChI is InChI=1S/C18H24O/c1-5-18(4)11-10-16(13(2)3)17(12-18)14-6-8-15(19)9-7-14/h5-9,16-17,19H,1-2,10-12H2,3-4H3/t16-,17+,18-/m1/s1. The number of benzene rings is 1. The first-order valence-electron chi connectivity index (χ1n) is 7.03. The summed E-state index contributed by atoms with van der Waals surface area (Å²) in [5.41, 5.74) is 2.79. The molecule has 0 bridgehead atoms. The van der Waals surface area contributed by atoms with Crippen LogP contribution in [-0.2, 0) is 0 Å². The van der Waals surface area contributed by atoms with E-state index in [1.165, 1.54) is 24.0 Å². The fraction of sp³-hybridized carbons (Fsp3) is 0.444. The van der Waals surface area contributed by atoms with Crippen LogP contribution >= 0.6 is 0 Å². The van der Waals surface area contributed by atoms with Gasteiger partial charge in [0.2, 0.25) is 0 Å². The van der Waals surface area contributed by atoms with E-state index in [1.807, 2.05) is 12.1 Å². The summed E-state index contributed by atoms with van der Waals surface area (Å²) in [5.74, 6) is 1.35. The van der Waals surface area contributed by atoms with Crippen LogP contribution in [-0.4, -0.2) is 5.11 Å². The van der Waals surface area contributed by atoms with Crippen molar-refractivity contribution in [3.63, 3.8) is 0 Å². The van der Waals surface area contributed by atoms with E-state index in [0.717, 1.165) is 6.42 Å². The van der Waals surface area contributed by atoms with E-state index in [9.17, 15) is 5.11 Å². The first kappa shape index (κ1) is 13.9. The lowest BCUT2D eigenvalue weighted by atomic mass is 9.63. The summed E-state index contributed by atoms with van der Waals surface area (Å²) in [6.45, 7) is 12.6. The van der Waals surface area contributed by atoms with Gasteiger partial charge in [0.15, 0.2) is 0 Å². The number of hydrogen-bond donors (Lipinski definition) is 1. The lowest BCUT2D eigenvalue weighted by Gasteiger charge is -2.42. The molecule has 2 rings (SSSR count). The smallest absolute Gasteiger partial charge is 0.115 e. The number of rotatable bonds is 3. The van der Waals surface area contributed by atoms with Crippen LogP contribution in [0, 0.1) is 11.3 Å². The van der Waals surface area contributed by atoms with Gasteiger partial charge >= 0.3 is 0 Å². The first-order valence-corrected chi connectivity index (χ1v) is 7.03. The van der Waals surface area contributed by atoms with Crippen LogP contribution in [0.15, 0.2) is 49.1 Å². The van der Waals surface area contributed by atoms with Crippen molar-refractivity contribution in [1.82, 2.24) is 0 Å². The molecule has 0 aromatic heterocycles. The van der Waals surface area contributed by atoms with Crippen LogP contribution in [0.5, 0.6) is 5.75 Å². The van der Waals surface area contributed by atoms with Crippen LogP contribution in [0.2, 0.25) is 0 Å². The molecule has 1 aliphatic carbocycles. The maximum absolute atomic E-state index is 9.45. The third-order valence-corrected chi connectivity index (χ3v) is 4.65. The first-order chi connectivity index (χ1) is 8.95. The van der Waals surface area contributed by atoms with Crippen molar-refractivity contribution in [2.75, 3.05) is 0 Å². The second-order valence-electron chi connectivity index (χ2n) is 6.25. The summed E-state index contributed by atoms with van der Waals surface area (Å²) >= 11 is 0. The van der Waals surface area contributed by atoms with Crippen LogP contribution in [0.4, 0.5) is 0 Å². The number of aromatic hydroxyl groups is 1. The Hall–Kier alpha value is -1.50. The molecule has 0 radical (unpaired) electrons. The number of allylic oxidation sites excluding steroid dienone is 2. The molecule has 1 aliphatic rings. The minimum absolute atomic E-state index is 0.217. The second kappa shape index (κ2) is 5.24. The molecule has 1 fully saturated rings. The largest absolute Gasteiger partial charge is 0.508 e. The number of phenolic OH excluding ortho intramolecular Hbond substituents is 1. The zero-order chi connectivity index (χ0) is 14.0. The van der Waals surface area contributed by atoms with Crippen molar-refractivity contribution >= 4 is 0 Å². The molecule has 1 saturated carbocycles. The molecule has 19 heavy (non-hydrogen) atoms. The third-order valence-electron chi connectivity index (χ3n) is 4.65.